The molecular weight excluding hydrogens is 332 g/mol. The fraction of sp³-hybridized carbons (Fsp3) is 0.176. The summed E-state index contributed by atoms with van der Waals surface area (Å²) in [7, 11) is 2.86. The molecule has 0 saturated heterocycles. The molecule has 0 heterocycles. The van der Waals surface area contributed by atoms with Gasteiger partial charge in [0.15, 0.2) is 0 Å². The molecule has 2 aromatic rings. The summed E-state index contributed by atoms with van der Waals surface area (Å²) in [6, 6.07) is 9.40. The number of aryl methyl sites for hydroxylation is 1. The van der Waals surface area contributed by atoms with Gasteiger partial charge in [-0.2, -0.15) is 0 Å². The first-order chi connectivity index (χ1) is 11.5. The molecule has 0 saturated carbocycles. The molecule has 0 spiro atoms. The van der Waals surface area contributed by atoms with Gasteiger partial charge in [0.2, 0.25) is 0 Å². The van der Waals surface area contributed by atoms with Gasteiger partial charge in [-0.3, -0.25) is 10.1 Å². The van der Waals surface area contributed by atoms with Crippen LogP contribution in [0.2, 0.25) is 5.02 Å². The Labute approximate surface area is 144 Å². The average molecular weight is 349 g/mol. The first kappa shape index (κ1) is 17.6. The number of methoxy groups -OCH3 is 2. The maximum Gasteiger partial charge on any atom is 0.326 e. The Bertz CT molecular complexity index is 735. The number of anilines is 1. The maximum absolute atomic E-state index is 12.4. The molecule has 3 amide bonds. The van der Waals surface area contributed by atoms with Gasteiger partial charge in [0.1, 0.15) is 17.1 Å². The van der Waals surface area contributed by atoms with E-state index in [0.717, 1.165) is 5.56 Å². The third-order valence-corrected chi connectivity index (χ3v) is 3.66. The van der Waals surface area contributed by atoms with Gasteiger partial charge < -0.3 is 14.8 Å². The Morgan fingerprint density at radius 2 is 1.58 bits per heavy atom. The number of ether oxygens (including phenoxy) is 2. The van der Waals surface area contributed by atoms with E-state index in [1.165, 1.54) is 14.2 Å². The van der Waals surface area contributed by atoms with E-state index in [0.29, 0.717) is 22.2 Å². The van der Waals surface area contributed by atoms with E-state index >= 15 is 0 Å². The number of rotatable bonds is 4. The van der Waals surface area contributed by atoms with Gasteiger partial charge in [-0.05, 0) is 30.7 Å². The number of hydrogen-bond acceptors (Lipinski definition) is 4. The van der Waals surface area contributed by atoms with Crippen molar-refractivity contribution in [3.8, 4) is 11.5 Å². The topological polar surface area (TPSA) is 76.7 Å². The molecule has 7 heteroatoms. The fourth-order valence-electron chi connectivity index (χ4n) is 2.18. The zero-order valence-corrected chi connectivity index (χ0v) is 14.2. The van der Waals surface area contributed by atoms with Crippen molar-refractivity contribution in [1.29, 1.82) is 0 Å². The van der Waals surface area contributed by atoms with Crippen LogP contribution in [-0.2, 0) is 0 Å². The van der Waals surface area contributed by atoms with E-state index in [-0.39, 0.29) is 5.56 Å². The number of carbonyl (C=O) groups is 2. The quantitative estimate of drug-likeness (QED) is 0.884. The van der Waals surface area contributed by atoms with Crippen molar-refractivity contribution >= 4 is 29.2 Å². The van der Waals surface area contributed by atoms with Crippen LogP contribution >= 0.6 is 11.6 Å². The summed E-state index contributed by atoms with van der Waals surface area (Å²) in [5, 5.41) is 5.19. The first-order valence-electron chi connectivity index (χ1n) is 7.06. The Hall–Kier alpha value is -2.73. The SMILES string of the molecule is COc1cccc(OC)c1C(=O)NC(=O)Nc1c(C)cccc1Cl. The van der Waals surface area contributed by atoms with E-state index in [1.807, 2.05) is 0 Å². The highest BCUT2D eigenvalue weighted by atomic mass is 35.5. The van der Waals surface area contributed by atoms with Gasteiger partial charge in [-0.1, -0.05) is 29.8 Å². The Kier molecular flexibility index (Phi) is 5.65. The van der Waals surface area contributed by atoms with Crippen LogP contribution in [-0.4, -0.2) is 26.2 Å². The second-order valence-electron chi connectivity index (χ2n) is 4.88. The van der Waals surface area contributed by atoms with Crippen molar-refractivity contribution < 1.29 is 19.1 Å². The predicted octanol–water partition coefficient (Wildman–Crippen LogP) is 3.63. The highest BCUT2D eigenvalue weighted by molar-refractivity contribution is 6.34. The minimum Gasteiger partial charge on any atom is -0.496 e. The molecule has 2 rings (SSSR count). The van der Waals surface area contributed by atoms with Crippen molar-refractivity contribution in [2.45, 2.75) is 6.92 Å². The van der Waals surface area contributed by atoms with Crippen LogP contribution in [0, 0.1) is 6.92 Å². The molecule has 126 valence electrons. The standard InChI is InChI=1S/C17H17ClN2O4/c1-10-6-4-7-11(18)15(10)19-17(22)20-16(21)14-12(23-2)8-5-9-13(14)24-3/h4-9H,1-3H3,(H2,19,20,21,22). The van der Waals surface area contributed by atoms with Crippen LogP contribution in [0.4, 0.5) is 10.5 Å². The highest BCUT2D eigenvalue weighted by Crippen LogP contribution is 2.28. The molecule has 2 N–H and O–H groups in total. The van der Waals surface area contributed by atoms with E-state index in [1.54, 1.807) is 43.3 Å². The minimum absolute atomic E-state index is 0.133. The van der Waals surface area contributed by atoms with Crippen LogP contribution in [0.5, 0.6) is 11.5 Å². The molecule has 0 fully saturated rings. The second kappa shape index (κ2) is 7.70. The van der Waals surface area contributed by atoms with E-state index in [2.05, 4.69) is 10.6 Å². The molecule has 0 atom stereocenters. The Balaban J connectivity index is 2.20. The summed E-state index contributed by atoms with van der Waals surface area (Å²) in [4.78, 5) is 24.5. The molecule has 0 aliphatic rings. The summed E-state index contributed by atoms with van der Waals surface area (Å²) in [5.74, 6) is -0.0475. The zero-order chi connectivity index (χ0) is 17.7. The Morgan fingerprint density at radius 1 is 1.00 bits per heavy atom. The third-order valence-electron chi connectivity index (χ3n) is 3.34. The van der Waals surface area contributed by atoms with Gasteiger partial charge in [-0.15, -0.1) is 0 Å². The lowest BCUT2D eigenvalue weighted by Crippen LogP contribution is -2.35. The van der Waals surface area contributed by atoms with Gasteiger partial charge in [0.05, 0.1) is 24.9 Å². The van der Waals surface area contributed by atoms with Crippen LogP contribution in [0.3, 0.4) is 0 Å². The van der Waals surface area contributed by atoms with Crippen LogP contribution in [0.25, 0.3) is 0 Å². The van der Waals surface area contributed by atoms with E-state index < -0.39 is 11.9 Å². The summed E-state index contributed by atoms with van der Waals surface area (Å²) < 4.78 is 10.3. The molecule has 0 unspecified atom stereocenters. The summed E-state index contributed by atoms with van der Waals surface area (Å²) in [5.41, 5.74) is 1.35. The van der Waals surface area contributed by atoms with Crippen molar-refractivity contribution in [2.24, 2.45) is 0 Å². The molecule has 24 heavy (non-hydrogen) atoms. The Morgan fingerprint density at radius 3 is 2.12 bits per heavy atom. The summed E-state index contributed by atoms with van der Waals surface area (Å²) >= 11 is 6.06. The smallest absolute Gasteiger partial charge is 0.326 e. The monoisotopic (exact) mass is 348 g/mol. The number of hydrogen-bond donors (Lipinski definition) is 2. The van der Waals surface area contributed by atoms with Crippen molar-refractivity contribution in [1.82, 2.24) is 5.32 Å². The first-order valence-corrected chi connectivity index (χ1v) is 7.44. The molecule has 0 aromatic heterocycles. The zero-order valence-electron chi connectivity index (χ0n) is 13.5. The average Bonchev–Trinajstić information content (AvgIpc) is 2.57. The minimum atomic E-state index is -0.704. The van der Waals surface area contributed by atoms with Gasteiger partial charge in [0, 0.05) is 0 Å². The summed E-state index contributed by atoms with van der Waals surface area (Å²) in [6.45, 7) is 1.80. The number of nitrogens with one attached hydrogen (secondary N) is 2. The predicted molar refractivity (Wildman–Crippen MR) is 92.2 cm³/mol. The van der Waals surface area contributed by atoms with Crippen LogP contribution < -0.4 is 20.1 Å². The molecule has 2 aromatic carbocycles. The number of halogens is 1. The maximum atomic E-state index is 12.4. The largest absolute Gasteiger partial charge is 0.496 e. The van der Waals surface area contributed by atoms with Crippen molar-refractivity contribution in [2.75, 3.05) is 19.5 Å². The number of carbonyl (C=O) groups excluding carboxylic acids is 2. The number of amides is 3. The highest BCUT2D eigenvalue weighted by Gasteiger charge is 2.20. The van der Waals surface area contributed by atoms with Crippen LogP contribution in [0.1, 0.15) is 15.9 Å². The fourth-order valence-corrected chi connectivity index (χ4v) is 2.44. The van der Waals surface area contributed by atoms with Crippen LogP contribution in [0.15, 0.2) is 36.4 Å². The molecule has 6 nitrogen and oxygen atoms in total. The number of benzene rings is 2. The van der Waals surface area contributed by atoms with Gasteiger partial charge in [-0.25, -0.2) is 4.79 Å². The number of para-hydroxylation sites is 1. The lowest BCUT2D eigenvalue weighted by molar-refractivity contribution is 0.0961. The molecular formula is C17H17ClN2O4. The van der Waals surface area contributed by atoms with Crippen molar-refractivity contribution in [3.05, 3.63) is 52.5 Å². The molecule has 0 aliphatic carbocycles. The third kappa shape index (κ3) is 3.78. The normalized spacial score (nSPS) is 10.0. The lowest BCUT2D eigenvalue weighted by Gasteiger charge is -2.14. The van der Waals surface area contributed by atoms with Gasteiger partial charge >= 0.3 is 6.03 Å². The number of imide groups is 1. The molecule has 0 aliphatic heterocycles. The number of urea groups is 1. The van der Waals surface area contributed by atoms with E-state index in [4.69, 9.17) is 21.1 Å². The second-order valence-corrected chi connectivity index (χ2v) is 5.28. The molecule has 0 radical (unpaired) electrons. The van der Waals surface area contributed by atoms with Gasteiger partial charge in [0.25, 0.3) is 5.91 Å². The van der Waals surface area contributed by atoms with Crippen molar-refractivity contribution in [3.63, 3.8) is 0 Å². The summed E-state index contributed by atoms with van der Waals surface area (Å²) in [6.07, 6.45) is 0. The molecule has 0 bridgehead atoms. The van der Waals surface area contributed by atoms with E-state index in [9.17, 15) is 9.59 Å². The lowest BCUT2D eigenvalue weighted by atomic mass is 10.1.